The number of rotatable bonds is 5. The third-order valence-corrected chi connectivity index (χ3v) is 3.10. The molecule has 3 N–H and O–H groups in total. The van der Waals surface area contributed by atoms with E-state index in [-0.39, 0.29) is 30.7 Å². The maximum absolute atomic E-state index is 13.4. The lowest BCUT2D eigenvalue weighted by molar-refractivity contribution is -0.123. The summed E-state index contributed by atoms with van der Waals surface area (Å²) in [6, 6.07) is 4.71. The van der Waals surface area contributed by atoms with Gasteiger partial charge < -0.3 is 15.8 Å². The highest BCUT2D eigenvalue weighted by Crippen LogP contribution is 2.32. The second-order valence-corrected chi connectivity index (χ2v) is 4.70. The predicted molar refractivity (Wildman–Crippen MR) is 72.4 cm³/mol. The number of carbonyl (C=O) groups excluding carboxylic acids is 1. The summed E-state index contributed by atoms with van der Waals surface area (Å²) in [6.07, 6.45) is 1.47. The van der Waals surface area contributed by atoms with E-state index in [4.69, 9.17) is 10.5 Å². The van der Waals surface area contributed by atoms with Crippen molar-refractivity contribution < 1.29 is 13.9 Å². The summed E-state index contributed by atoms with van der Waals surface area (Å²) in [4.78, 5) is 11.6. The van der Waals surface area contributed by atoms with Gasteiger partial charge in [0.05, 0.1) is 12.1 Å². The van der Waals surface area contributed by atoms with Crippen LogP contribution in [0.1, 0.15) is 24.0 Å². The Morgan fingerprint density at radius 2 is 2.21 bits per heavy atom. The largest absolute Gasteiger partial charge is 0.380 e. The number of halogens is 2. The highest BCUT2D eigenvalue weighted by atomic mass is 35.5. The van der Waals surface area contributed by atoms with Gasteiger partial charge in [0.1, 0.15) is 5.82 Å². The van der Waals surface area contributed by atoms with Crippen molar-refractivity contribution in [2.75, 3.05) is 7.11 Å². The van der Waals surface area contributed by atoms with E-state index in [1.165, 1.54) is 13.2 Å². The molecule has 0 radical (unpaired) electrons. The van der Waals surface area contributed by atoms with E-state index in [0.717, 1.165) is 18.4 Å². The normalized spacial score (nSPS) is 15.5. The summed E-state index contributed by atoms with van der Waals surface area (Å²) in [6.45, 7) is 0.573. The number of carbonyl (C=O) groups is 1. The van der Waals surface area contributed by atoms with Crippen molar-refractivity contribution in [3.63, 3.8) is 0 Å². The van der Waals surface area contributed by atoms with E-state index in [9.17, 15) is 9.18 Å². The molecule has 2 rings (SSSR count). The minimum Gasteiger partial charge on any atom is -0.380 e. The lowest BCUT2D eigenvalue weighted by Gasteiger charge is -2.11. The van der Waals surface area contributed by atoms with Crippen molar-refractivity contribution in [2.24, 2.45) is 5.73 Å². The summed E-state index contributed by atoms with van der Waals surface area (Å²) in [5.41, 5.74) is 6.41. The Balaban J connectivity index is 0.00000180. The number of hydrogen-bond donors (Lipinski definition) is 2. The van der Waals surface area contributed by atoms with Gasteiger partial charge in [-0.05, 0) is 30.5 Å². The molecule has 1 aromatic rings. The van der Waals surface area contributed by atoms with Crippen molar-refractivity contribution in [3.05, 3.63) is 35.1 Å². The summed E-state index contributed by atoms with van der Waals surface area (Å²) >= 11 is 0. The van der Waals surface area contributed by atoms with Gasteiger partial charge >= 0.3 is 0 Å². The lowest BCUT2D eigenvalue weighted by atomic mass is 10.1. The zero-order valence-corrected chi connectivity index (χ0v) is 11.6. The first-order valence-electron chi connectivity index (χ1n) is 5.88. The van der Waals surface area contributed by atoms with E-state index >= 15 is 0 Å². The standard InChI is InChI=1S/C13H17FN2O2.ClH/c1-18-8-10-6-9(2-3-11(10)14)7-16-12(17)13(15)4-5-13;/h2-3,6H,4-5,7-8,15H2,1H3,(H,16,17);1H. The molecule has 106 valence electrons. The molecular weight excluding hydrogens is 271 g/mol. The molecule has 6 heteroatoms. The Kier molecular flexibility index (Phi) is 5.29. The summed E-state index contributed by atoms with van der Waals surface area (Å²) in [5.74, 6) is -0.440. The molecule has 4 nitrogen and oxygen atoms in total. The van der Waals surface area contributed by atoms with Gasteiger partial charge in [-0.2, -0.15) is 0 Å². The first-order chi connectivity index (χ1) is 8.55. The molecule has 0 saturated heterocycles. The van der Waals surface area contributed by atoms with Crippen molar-refractivity contribution >= 4 is 18.3 Å². The van der Waals surface area contributed by atoms with E-state index in [1.54, 1.807) is 12.1 Å². The van der Waals surface area contributed by atoms with E-state index in [2.05, 4.69) is 5.32 Å². The van der Waals surface area contributed by atoms with Crippen LogP contribution in [0.3, 0.4) is 0 Å². The molecule has 0 bridgehead atoms. The molecule has 1 aromatic carbocycles. The number of benzene rings is 1. The average Bonchev–Trinajstić information content (AvgIpc) is 3.09. The second kappa shape index (κ2) is 6.32. The second-order valence-electron chi connectivity index (χ2n) is 4.70. The van der Waals surface area contributed by atoms with Crippen LogP contribution in [0.15, 0.2) is 18.2 Å². The van der Waals surface area contributed by atoms with Gasteiger partial charge in [-0.3, -0.25) is 4.79 Å². The van der Waals surface area contributed by atoms with E-state index < -0.39 is 5.54 Å². The van der Waals surface area contributed by atoms with Gasteiger partial charge in [-0.25, -0.2) is 4.39 Å². The van der Waals surface area contributed by atoms with Crippen LogP contribution in [0.5, 0.6) is 0 Å². The number of nitrogens with one attached hydrogen (secondary N) is 1. The average molecular weight is 289 g/mol. The number of nitrogens with two attached hydrogens (primary N) is 1. The quantitative estimate of drug-likeness (QED) is 0.863. The minimum absolute atomic E-state index is 0. The monoisotopic (exact) mass is 288 g/mol. The van der Waals surface area contributed by atoms with Gasteiger partial charge in [0.15, 0.2) is 0 Å². The van der Waals surface area contributed by atoms with Crippen LogP contribution < -0.4 is 11.1 Å². The van der Waals surface area contributed by atoms with Gasteiger partial charge in [-0.1, -0.05) is 6.07 Å². The first-order valence-corrected chi connectivity index (χ1v) is 5.88. The topological polar surface area (TPSA) is 64.3 Å². The highest BCUT2D eigenvalue weighted by molar-refractivity contribution is 5.88. The maximum Gasteiger partial charge on any atom is 0.240 e. The summed E-state index contributed by atoms with van der Waals surface area (Å²) < 4.78 is 18.3. The number of hydrogen-bond acceptors (Lipinski definition) is 3. The molecule has 0 aromatic heterocycles. The van der Waals surface area contributed by atoms with Crippen LogP contribution in [0.4, 0.5) is 4.39 Å². The lowest BCUT2D eigenvalue weighted by Crippen LogP contribution is -2.42. The molecule has 1 amide bonds. The Morgan fingerprint density at radius 1 is 1.53 bits per heavy atom. The molecule has 0 heterocycles. The molecule has 1 aliphatic rings. The Hall–Kier alpha value is -1.17. The highest BCUT2D eigenvalue weighted by Gasteiger charge is 2.45. The van der Waals surface area contributed by atoms with E-state index in [0.29, 0.717) is 12.1 Å². The zero-order valence-electron chi connectivity index (χ0n) is 10.7. The number of amides is 1. The van der Waals surface area contributed by atoms with Gasteiger partial charge in [0.2, 0.25) is 5.91 Å². The number of methoxy groups -OCH3 is 1. The van der Waals surface area contributed by atoms with Crippen LogP contribution in [0, 0.1) is 5.82 Å². The summed E-state index contributed by atoms with van der Waals surface area (Å²) in [5, 5.41) is 2.76. The summed E-state index contributed by atoms with van der Waals surface area (Å²) in [7, 11) is 1.51. The molecule has 0 spiro atoms. The van der Waals surface area contributed by atoms with Crippen molar-refractivity contribution in [1.29, 1.82) is 0 Å². The Labute approximate surface area is 117 Å². The predicted octanol–water partition coefficient (Wildman–Crippen LogP) is 1.50. The van der Waals surface area contributed by atoms with Crippen molar-refractivity contribution in [2.45, 2.75) is 31.5 Å². The first kappa shape index (κ1) is 15.9. The smallest absolute Gasteiger partial charge is 0.240 e. The molecule has 0 atom stereocenters. The molecule has 19 heavy (non-hydrogen) atoms. The fourth-order valence-corrected chi connectivity index (χ4v) is 1.72. The van der Waals surface area contributed by atoms with Crippen LogP contribution in [0.25, 0.3) is 0 Å². The SMILES string of the molecule is COCc1cc(CNC(=O)C2(N)CC2)ccc1F.Cl. The number of ether oxygens (including phenoxy) is 1. The molecule has 1 aliphatic carbocycles. The van der Waals surface area contributed by atoms with Crippen LogP contribution >= 0.6 is 12.4 Å². The van der Waals surface area contributed by atoms with Gasteiger partial charge in [0, 0.05) is 19.2 Å². The third-order valence-electron chi connectivity index (χ3n) is 3.10. The molecule has 0 unspecified atom stereocenters. The maximum atomic E-state index is 13.4. The Morgan fingerprint density at radius 3 is 2.79 bits per heavy atom. The van der Waals surface area contributed by atoms with Crippen molar-refractivity contribution in [1.82, 2.24) is 5.32 Å². The Bertz CT molecular complexity index is 464. The van der Waals surface area contributed by atoms with E-state index in [1.807, 2.05) is 0 Å². The fourth-order valence-electron chi connectivity index (χ4n) is 1.72. The minimum atomic E-state index is -0.671. The van der Waals surface area contributed by atoms with Gasteiger partial charge in [-0.15, -0.1) is 12.4 Å². The van der Waals surface area contributed by atoms with Gasteiger partial charge in [0.25, 0.3) is 0 Å². The van der Waals surface area contributed by atoms with Crippen LogP contribution in [-0.2, 0) is 22.7 Å². The van der Waals surface area contributed by atoms with Crippen LogP contribution in [-0.4, -0.2) is 18.6 Å². The zero-order chi connectivity index (χ0) is 13.2. The third kappa shape index (κ3) is 3.89. The molecule has 1 fully saturated rings. The van der Waals surface area contributed by atoms with Crippen LogP contribution in [0.2, 0.25) is 0 Å². The van der Waals surface area contributed by atoms with Crippen molar-refractivity contribution in [3.8, 4) is 0 Å². The fraction of sp³-hybridized carbons (Fsp3) is 0.462. The molecule has 0 aliphatic heterocycles. The molecular formula is C13H18ClFN2O2. The molecule has 1 saturated carbocycles.